The van der Waals surface area contributed by atoms with Gasteiger partial charge in [0.1, 0.15) is 0 Å². The van der Waals surface area contributed by atoms with Gasteiger partial charge >= 0.3 is 0 Å². The molecule has 2 N–H and O–H groups in total. The molecule has 0 aliphatic heterocycles. The molecule has 0 aliphatic rings. The second-order valence-corrected chi connectivity index (χ2v) is 5.99. The highest BCUT2D eigenvalue weighted by Gasteiger charge is 2.09. The third-order valence-corrected chi connectivity index (χ3v) is 3.47. The number of hydrogen-bond acceptors (Lipinski definition) is 4. The Kier molecular flexibility index (Phi) is 6.40. The second-order valence-electron chi connectivity index (χ2n) is 5.55. The van der Waals surface area contributed by atoms with Crippen molar-refractivity contribution in [2.45, 2.75) is 26.8 Å². The number of hydrogen-bond donors (Lipinski definition) is 2. The van der Waals surface area contributed by atoms with E-state index >= 15 is 0 Å². The van der Waals surface area contributed by atoms with Gasteiger partial charge in [-0.1, -0.05) is 30.6 Å². The SMILES string of the molecule is CN=C(NCCC(C)C)NCc1nc(-c2ccc(Cl)cc2)no1. The molecule has 0 aliphatic carbocycles. The summed E-state index contributed by atoms with van der Waals surface area (Å²) < 4.78 is 5.25. The minimum Gasteiger partial charge on any atom is -0.356 e. The van der Waals surface area contributed by atoms with Crippen molar-refractivity contribution in [1.82, 2.24) is 20.8 Å². The van der Waals surface area contributed by atoms with E-state index in [9.17, 15) is 0 Å². The van der Waals surface area contributed by atoms with E-state index in [1.165, 1.54) is 0 Å². The maximum absolute atomic E-state index is 5.87. The second kappa shape index (κ2) is 8.53. The molecule has 1 aromatic carbocycles. The minimum absolute atomic E-state index is 0.419. The molecular weight excluding hydrogens is 314 g/mol. The number of nitrogens with zero attached hydrogens (tertiary/aromatic N) is 3. The molecule has 0 fully saturated rings. The lowest BCUT2D eigenvalue weighted by molar-refractivity contribution is 0.375. The molecule has 2 rings (SSSR count). The van der Waals surface area contributed by atoms with Crippen LogP contribution in [0.15, 0.2) is 33.8 Å². The standard InChI is InChI=1S/C16H22ClN5O/c1-11(2)8-9-19-16(18-3)20-10-14-21-15(22-23-14)12-4-6-13(17)7-5-12/h4-7,11H,8-10H2,1-3H3,(H2,18,19,20). The molecular formula is C16H22ClN5O. The Hall–Kier alpha value is -2.08. The quantitative estimate of drug-likeness (QED) is 0.626. The van der Waals surface area contributed by atoms with Gasteiger partial charge in [0.15, 0.2) is 5.96 Å². The molecule has 0 atom stereocenters. The Morgan fingerprint density at radius 3 is 2.65 bits per heavy atom. The Labute approximate surface area is 141 Å². The predicted octanol–water partition coefficient (Wildman–Crippen LogP) is 3.10. The van der Waals surface area contributed by atoms with Crippen molar-refractivity contribution in [2.24, 2.45) is 10.9 Å². The highest BCUT2D eigenvalue weighted by atomic mass is 35.5. The summed E-state index contributed by atoms with van der Waals surface area (Å²) in [7, 11) is 1.73. The van der Waals surface area contributed by atoms with Crippen LogP contribution in [0.2, 0.25) is 5.02 Å². The van der Waals surface area contributed by atoms with Crippen molar-refractivity contribution in [3.8, 4) is 11.4 Å². The van der Waals surface area contributed by atoms with Crippen LogP contribution in [0.4, 0.5) is 0 Å². The molecule has 7 heteroatoms. The Balaban J connectivity index is 1.87. The van der Waals surface area contributed by atoms with Crippen LogP contribution in [-0.4, -0.2) is 29.7 Å². The fourth-order valence-electron chi connectivity index (χ4n) is 1.90. The van der Waals surface area contributed by atoms with Crippen molar-refractivity contribution in [3.63, 3.8) is 0 Å². The molecule has 0 amide bonds. The minimum atomic E-state index is 0.419. The van der Waals surface area contributed by atoms with Gasteiger partial charge in [-0.3, -0.25) is 4.99 Å². The van der Waals surface area contributed by atoms with E-state index in [1.807, 2.05) is 12.1 Å². The molecule has 0 unspecified atom stereocenters. The largest absolute Gasteiger partial charge is 0.356 e. The average Bonchev–Trinajstić information content (AvgIpc) is 3.00. The molecule has 0 radical (unpaired) electrons. The van der Waals surface area contributed by atoms with Gasteiger partial charge in [-0.25, -0.2) is 0 Å². The summed E-state index contributed by atoms with van der Waals surface area (Å²) in [5.74, 6) is 2.42. The van der Waals surface area contributed by atoms with Crippen molar-refractivity contribution in [3.05, 3.63) is 35.2 Å². The van der Waals surface area contributed by atoms with Crippen molar-refractivity contribution in [2.75, 3.05) is 13.6 Å². The summed E-state index contributed by atoms with van der Waals surface area (Å²) in [6, 6.07) is 7.31. The van der Waals surface area contributed by atoms with Crippen LogP contribution >= 0.6 is 11.6 Å². The Morgan fingerprint density at radius 1 is 1.26 bits per heavy atom. The third-order valence-electron chi connectivity index (χ3n) is 3.22. The molecule has 0 saturated heterocycles. The first-order valence-electron chi connectivity index (χ1n) is 7.61. The molecule has 0 spiro atoms. The number of aromatic nitrogens is 2. The first-order valence-corrected chi connectivity index (χ1v) is 7.99. The lowest BCUT2D eigenvalue weighted by Crippen LogP contribution is -2.37. The molecule has 0 saturated carbocycles. The van der Waals surface area contributed by atoms with E-state index in [1.54, 1.807) is 19.2 Å². The summed E-state index contributed by atoms with van der Waals surface area (Å²) in [5.41, 5.74) is 0.865. The molecule has 6 nitrogen and oxygen atoms in total. The summed E-state index contributed by atoms with van der Waals surface area (Å²) in [6.07, 6.45) is 1.09. The number of guanidine groups is 1. The lowest BCUT2D eigenvalue weighted by atomic mass is 10.1. The van der Waals surface area contributed by atoms with Crippen LogP contribution in [0.3, 0.4) is 0 Å². The Bertz CT molecular complexity index is 636. The van der Waals surface area contributed by atoms with E-state index < -0.39 is 0 Å². The highest BCUT2D eigenvalue weighted by molar-refractivity contribution is 6.30. The average molecular weight is 336 g/mol. The number of nitrogens with one attached hydrogen (secondary N) is 2. The zero-order valence-corrected chi connectivity index (χ0v) is 14.4. The van der Waals surface area contributed by atoms with E-state index in [2.05, 4.69) is 39.6 Å². The van der Waals surface area contributed by atoms with Gasteiger partial charge in [0.2, 0.25) is 11.7 Å². The van der Waals surface area contributed by atoms with Crippen molar-refractivity contribution >= 4 is 17.6 Å². The van der Waals surface area contributed by atoms with E-state index in [0.29, 0.717) is 29.2 Å². The third kappa shape index (κ3) is 5.56. The van der Waals surface area contributed by atoms with Gasteiger partial charge in [-0.05, 0) is 36.6 Å². The highest BCUT2D eigenvalue weighted by Crippen LogP contribution is 2.18. The van der Waals surface area contributed by atoms with Gasteiger partial charge in [-0.15, -0.1) is 0 Å². The first kappa shape index (κ1) is 17.3. The topological polar surface area (TPSA) is 75.3 Å². The maximum Gasteiger partial charge on any atom is 0.246 e. The van der Waals surface area contributed by atoms with Crippen LogP contribution < -0.4 is 10.6 Å². The number of benzene rings is 1. The summed E-state index contributed by atoms with van der Waals surface area (Å²) in [4.78, 5) is 8.52. The maximum atomic E-state index is 5.87. The van der Waals surface area contributed by atoms with E-state index in [4.69, 9.17) is 16.1 Å². The zero-order chi connectivity index (χ0) is 16.7. The van der Waals surface area contributed by atoms with Gasteiger partial charge in [0, 0.05) is 24.2 Å². The zero-order valence-electron chi connectivity index (χ0n) is 13.6. The van der Waals surface area contributed by atoms with Gasteiger partial charge in [0.05, 0.1) is 6.54 Å². The fraction of sp³-hybridized carbons (Fsp3) is 0.438. The van der Waals surface area contributed by atoms with E-state index in [0.717, 1.165) is 24.5 Å². The smallest absolute Gasteiger partial charge is 0.246 e. The van der Waals surface area contributed by atoms with Crippen LogP contribution in [0.1, 0.15) is 26.2 Å². The van der Waals surface area contributed by atoms with Crippen molar-refractivity contribution < 1.29 is 4.52 Å². The van der Waals surface area contributed by atoms with Crippen LogP contribution in [0.5, 0.6) is 0 Å². The monoisotopic (exact) mass is 335 g/mol. The fourth-order valence-corrected chi connectivity index (χ4v) is 2.03. The number of rotatable bonds is 6. The lowest BCUT2D eigenvalue weighted by Gasteiger charge is -2.11. The van der Waals surface area contributed by atoms with Gasteiger partial charge < -0.3 is 15.2 Å². The molecule has 23 heavy (non-hydrogen) atoms. The number of aliphatic imine (C=N–C) groups is 1. The van der Waals surface area contributed by atoms with Crippen LogP contribution in [0, 0.1) is 5.92 Å². The molecule has 0 bridgehead atoms. The molecule has 1 aromatic heterocycles. The van der Waals surface area contributed by atoms with Crippen molar-refractivity contribution in [1.29, 1.82) is 0 Å². The van der Waals surface area contributed by atoms with Gasteiger partial charge in [-0.2, -0.15) is 4.98 Å². The van der Waals surface area contributed by atoms with E-state index in [-0.39, 0.29) is 0 Å². The molecule has 2 aromatic rings. The van der Waals surface area contributed by atoms with Crippen LogP contribution in [0.25, 0.3) is 11.4 Å². The summed E-state index contributed by atoms with van der Waals surface area (Å²) in [6.45, 7) is 5.67. The molecule has 1 heterocycles. The predicted molar refractivity (Wildman–Crippen MR) is 92.4 cm³/mol. The Morgan fingerprint density at radius 2 is 2.00 bits per heavy atom. The normalized spacial score (nSPS) is 11.8. The number of halogens is 1. The first-order chi connectivity index (χ1) is 11.1. The molecule has 124 valence electrons. The van der Waals surface area contributed by atoms with Gasteiger partial charge in [0.25, 0.3) is 0 Å². The van der Waals surface area contributed by atoms with Crippen LogP contribution in [-0.2, 0) is 6.54 Å². The summed E-state index contributed by atoms with van der Waals surface area (Å²) in [5, 5.41) is 11.1. The summed E-state index contributed by atoms with van der Waals surface area (Å²) >= 11 is 5.87.